The molecule has 0 spiro atoms. The molecule has 1 atom stereocenters. The number of ether oxygens (including phenoxy) is 1. The first-order valence-corrected chi connectivity index (χ1v) is 16.6. The molecule has 0 aromatic carbocycles. The van der Waals surface area contributed by atoms with Crippen molar-refractivity contribution in [1.82, 2.24) is 4.90 Å². The maximum absolute atomic E-state index is 14.9. The molecule has 1 N–H and O–H groups in total. The van der Waals surface area contributed by atoms with E-state index in [0.29, 0.717) is 61.1 Å². The van der Waals surface area contributed by atoms with Crippen LogP contribution in [0.5, 0.6) is 0 Å². The second-order valence-electron chi connectivity index (χ2n) is 13.7. The standard InChI is InChI=1S/C34H46ClF3N2O5/c1-22-9-5-6-10-26(35)28(22)27(41)20-40(21-33(45-3)13-7-4-8-14-33)30(42)25-19-39-18-24(29(25)34(36,37)38)17-23-11-15-32(2,16-12-23)31(43)44/h9,19,23-24H,4-8,10-18,20-21H2,1-3H3,(H,43,44). The molecule has 45 heavy (non-hydrogen) atoms. The van der Waals surface area contributed by atoms with Crippen LogP contribution in [-0.2, 0) is 19.1 Å². The number of methoxy groups -OCH3 is 1. The summed E-state index contributed by atoms with van der Waals surface area (Å²) in [6.45, 7) is 2.91. The lowest BCUT2D eigenvalue weighted by Crippen LogP contribution is -2.51. The number of ketones is 1. The number of rotatable bonds is 10. The number of Topliss-reactive ketones (excluding diaryl/α,β-unsaturated/α-hetero) is 1. The first-order valence-electron chi connectivity index (χ1n) is 16.2. The highest BCUT2D eigenvalue weighted by molar-refractivity contribution is 6.32. The Morgan fingerprint density at radius 1 is 1.11 bits per heavy atom. The Kier molecular flexibility index (Phi) is 11.4. The third kappa shape index (κ3) is 8.28. The predicted octanol–water partition coefficient (Wildman–Crippen LogP) is 7.59. The summed E-state index contributed by atoms with van der Waals surface area (Å²) in [5, 5.41) is 9.98. The van der Waals surface area contributed by atoms with Gasteiger partial charge >= 0.3 is 12.1 Å². The highest BCUT2D eigenvalue weighted by atomic mass is 35.5. The average molecular weight is 655 g/mol. The van der Waals surface area contributed by atoms with Crippen LogP contribution in [0.25, 0.3) is 0 Å². The molecular formula is C34H46ClF3N2O5. The number of carbonyl (C=O) groups excluding carboxylic acids is 2. The minimum absolute atomic E-state index is 0.0225. The van der Waals surface area contributed by atoms with Crippen LogP contribution in [0.4, 0.5) is 13.2 Å². The molecule has 1 unspecified atom stereocenters. The second kappa shape index (κ2) is 14.5. The molecule has 11 heteroatoms. The maximum Gasteiger partial charge on any atom is 0.413 e. The molecule has 1 aliphatic heterocycles. The summed E-state index contributed by atoms with van der Waals surface area (Å²) < 4.78 is 50.5. The number of amides is 1. The number of aliphatic carboxylic acids is 1. The molecule has 1 heterocycles. The molecule has 4 rings (SSSR count). The Bertz CT molecular complexity index is 1270. The molecule has 0 bridgehead atoms. The van der Waals surface area contributed by atoms with Crippen molar-refractivity contribution < 1.29 is 37.4 Å². The van der Waals surface area contributed by atoms with Gasteiger partial charge in [-0.3, -0.25) is 19.4 Å². The molecule has 0 saturated heterocycles. The summed E-state index contributed by atoms with van der Waals surface area (Å²) >= 11 is 6.54. The molecule has 0 radical (unpaired) electrons. The lowest BCUT2D eigenvalue weighted by atomic mass is 9.69. The molecule has 250 valence electrons. The number of hydrogen-bond donors (Lipinski definition) is 1. The van der Waals surface area contributed by atoms with E-state index in [2.05, 4.69) is 4.99 Å². The zero-order valence-electron chi connectivity index (χ0n) is 26.6. The third-order valence-electron chi connectivity index (χ3n) is 10.4. The van der Waals surface area contributed by atoms with Crippen molar-refractivity contribution in [3.63, 3.8) is 0 Å². The zero-order chi connectivity index (χ0) is 33.0. The number of nitrogens with zero attached hydrogens (tertiary/aromatic N) is 2. The zero-order valence-corrected chi connectivity index (χ0v) is 27.4. The Morgan fingerprint density at radius 3 is 2.38 bits per heavy atom. The van der Waals surface area contributed by atoms with E-state index >= 15 is 0 Å². The van der Waals surface area contributed by atoms with Gasteiger partial charge in [0.05, 0.1) is 35.3 Å². The Hall–Kier alpha value is -2.46. The smallest absolute Gasteiger partial charge is 0.413 e. The SMILES string of the molecule is COC1(CN(CC(=O)C2=C(Cl)CCCC=C2C)C(=O)C2=C(C(F)(F)F)C(CC3CCC(C)(C(=O)O)CC3)CN=C2)CCCCC1. The summed E-state index contributed by atoms with van der Waals surface area (Å²) in [6.07, 6.45) is 6.08. The first kappa shape index (κ1) is 35.4. The molecule has 2 fully saturated rings. The number of allylic oxidation sites excluding steroid dienone is 3. The van der Waals surface area contributed by atoms with Crippen molar-refractivity contribution in [3.8, 4) is 0 Å². The van der Waals surface area contributed by atoms with E-state index in [-0.39, 0.29) is 25.4 Å². The number of carboxylic acids is 1. The molecule has 1 amide bonds. The van der Waals surface area contributed by atoms with Gasteiger partial charge in [0, 0.05) is 36.4 Å². The minimum atomic E-state index is -4.79. The van der Waals surface area contributed by atoms with Crippen LogP contribution in [0.15, 0.2) is 38.4 Å². The minimum Gasteiger partial charge on any atom is -0.481 e. The summed E-state index contributed by atoms with van der Waals surface area (Å²) in [5.74, 6) is -3.34. The third-order valence-corrected chi connectivity index (χ3v) is 10.8. The molecule has 7 nitrogen and oxygen atoms in total. The highest BCUT2D eigenvalue weighted by Crippen LogP contribution is 2.45. The fourth-order valence-electron chi connectivity index (χ4n) is 7.55. The van der Waals surface area contributed by atoms with Gasteiger partial charge in [-0.05, 0) is 89.5 Å². The van der Waals surface area contributed by atoms with Crippen LogP contribution in [-0.4, -0.2) is 72.4 Å². The quantitative estimate of drug-likeness (QED) is 0.262. The van der Waals surface area contributed by atoms with Gasteiger partial charge in [0.2, 0.25) is 0 Å². The van der Waals surface area contributed by atoms with Crippen molar-refractivity contribution in [3.05, 3.63) is 33.4 Å². The van der Waals surface area contributed by atoms with Gasteiger partial charge in [0.15, 0.2) is 5.78 Å². The van der Waals surface area contributed by atoms with Gasteiger partial charge in [-0.2, -0.15) is 13.2 Å². The van der Waals surface area contributed by atoms with E-state index < -0.39 is 58.5 Å². The van der Waals surface area contributed by atoms with E-state index in [0.717, 1.165) is 38.3 Å². The summed E-state index contributed by atoms with van der Waals surface area (Å²) in [5.41, 5.74) is -2.07. The van der Waals surface area contributed by atoms with Crippen LogP contribution in [0, 0.1) is 17.3 Å². The number of hydrogen-bond acceptors (Lipinski definition) is 5. The van der Waals surface area contributed by atoms with Crippen molar-refractivity contribution in [2.75, 3.05) is 26.7 Å². The lowest BCUT2D eigenvalue weighted by molar-refractivity contribution is -0.150. The molecule has 3 aliphatic carbocycles. The van der Waals surface area contributed by atoms with Crippen LogP contribution in [0.2, 0.25) is 0 Å². The van der Waals surface area contributed by atoms with Crippen molar-refractivity contribution in [1.29, 1.82) is 0 Å². The van der Waals surface area contributed by atoms with Crippen molar-refractivity contribution in [2.45, 2.75) is 109 Å². The Balaban J connectivity index is 1.67. The van der Waals surface area contributed by atoms with Crippen molar-refractivity contribution >= 4 is 35.5 Å². The van der Waals surface area contributed by atoms with Gasteiger partial charge in [0.1, 0.15) is 0 Å². The number of aliphatic imine (C=N–C) groups is 1. The fraction of sp³-hybridized carbons (Fsp3) is 0.706. The first-order chi connectivity index (χ1) is 21.2. The molecule has 0 aromatic rings. The molecular weight excluding hydrogens is 609 g/mol. The fourth-order valence-corrected chi connectivity index (χ4v) is 7.93. The summed E-state index contributed by atoms with van der Waals surface area (Å²) in [6, 6.07) is 0. The van der Waals surface area contributed by atoms with Gasteiger partial charge in [-0.25, -0.2) is 0 Å². The Labute approximate surface area is 269 Å². The molecule has 4 aliphatic rings. The van der Waals surface area contributed by atoms with Crippen molar-refractivity contribution in [2.24, 2.45) is 22.2 Å². The molecule has 2 saturated carbocycles. The lowest BCUT2D eigenvalue weighted by Gasteiger charge is -2.40. The van der Waals surface area contributed by atoms with Crippen LogP contribution < -0.4 is 0 Å². The van der Waals surface area contributed by atoms with E-state index in [1.165, 1.54) is 4.90 Å². The van der Waals surface area contributed by atoms with Gasteiger partial charge in [-0.1, -0.05) is 36.9 Å². The molecule has 0 aromatic heterocycles. The number of alkyl halides is 3. The van der Waals surface area contributed by atoms with E-state index in [1.54, 1.807) is 21.0 Å². The van der Waals surface area contributed by atoms with E-state index in [1.807, 2.05) is 6.08 Å². The van der Waals surface area contributed by atoms with E-state index in [4.69, 9.17) is 16.3 Å². The number of halogens is 4. The van der Waals surface area contributed by atoms with E-state index in [9.17, 15) is 32.7 Å². The largest absolute Gasteiger partial charge is 0.481 e. The normalized spacial score (nSPS) is 27.6. The number of carboxylic acid groups (broad SMARTS) is 1. The highest BCUT2D eigenvalue weighted by Gasteiger charge is 2.47. The van der Waals surface area contributed by atoms with Crippen LogP contribution >= 0.6 is 11.6 Å². The summed E-state index contributed by atoms with van der Waals surface area (Å²) in [4.78, 5) is 45.2. The maximum atomic E-state index is 14.9. The summed E-state index contributed by atoms with van der Waals surface area (Å²) in [7, 11) is 1.55. The average Bonchev–Trinajstić information content (AvgIpc) is 3.16. The van der Waals surface area contributed by atoms with Gasteiger partial charge < -0.3 is 14.7 Å². The number of dihydropyridines is 1. The van der Waals surface area contributed by atoms with Gasteiger partial charge in [0.25, 0.3) is 5.91 Å². The second-order valence-corrected chi connectivity index (χ2v) is 14.1. The Morgan fingerprint density at radius 2 is 1.78 bits per heavy atom. The topological polar surface area (TPSA) is 96.3 Å². The predicted molar refractivity (Wildman–Crippen MR) is 167 cm³/mol. The van der Waals surface area contributed by atoms with Crippen LogP contribution in [0.1, 0.15) is 97.3 Å². The number of carbonyl (C=O) groups is 3. The van der Waals surface area contributed by atoms with Gasteiger partial charge in [-0.15, -0.1) is 0 Å². The monoisotopic (exact) mass is 654 g/mol. The van der Waals surface area contributed by atoms with Crippen LogP contribution in [0.3, 0.4) is 0 Å².